The average molecular weight is 244 g/mol. The molecule has 0 saturated heterocycles. The van der Waals surface area contributed by atoms with E-state index >= 15 is 0 Å². The number of ether oxygens (including phenoxy) is 1. The van der Waals surface area contributed by atoms with E-state index in [0.29, 0.717) is 17.3 Å². The zero-order valence-electron chi connectivity index (χ0n) is 9.90. The minimum atomic E-state index is 0.228. The highest BCUT2D eigenvalue weighted by atomic mass is 35.5. The molecule has 1 atom stereocenters. The molecule has 90 valence electrons. The first-order chi connectivity index (χ1) is 7.60. The fourth-order valence-corrected chi connectivity index (χ4v) is 1.86. The van der Waals surface area contributed by atoms with Gasteiger partial charge in [-0.15, -0.1) is 0 Å². The van der Waals surface area contributed by atoms with E-state index in [9.17, 15) is 0 Å². The van der Waals surface area contributed by atoms with Gasteiger partial charge in [0, 0.05) is 19.9 Å². The van der Waals surface area contributed by atoms with E-state index in [2.05, 4.69) is 23.7 Å². The third-order valence-electron chi connectivity index (χ3n) is 2.41. The molecule has 1 aromatic rings. The van der Waals surface area contributed by atoms with Crippen LogP contribution in [0.25, 0.3) is 0 Å². The molecular formula is C11H18ClN3O. The van der Waals surface area contributed by atoms with Gasteiger partial charge in [-0.25, -0.2) is 4.98 Å². The fourth-order valence-electron chi connectivity index (χ4n) is 1.69. The van der Waals surface area contributed by atoms with Crippen molar-refractivity contribution in [1.82, 2.24) is 4.98 Å². The molecule has 1 aromatic heterocycles. The Morgan fingerprint density at radius 1 is 1.62 bits per heavy atom. The minimum Gasteiger partial charge on any atom is -0.396 e. The maximum absolute atomic E-state index is 5.90. The summed E-state index contributed by atoms with van der Waals surface area (Å²) in [4.78, 5) is 6.36. The number of halogens is 1. The highest BCUT2D eigenvalue weighted by Crippen LogP contribution is 2.24. The molecule has 0 fully saturated rings. The lowest BCUT2D eigenvalue weighted by Gasteiger charge is -2.29. The third-order valence-corrected chi connectivity index (χ3v) is 2.62. The molecule has 1 heterocycles. The predicted octanol–water partition coefficient (Wildman–Crippen LogP) is 2.18. The van der Waals surface area contributed by atoms with Crippen molar-refractivity contribution >= 4 is 23.1 Å². The predicted molar refractivity (Wildman–Crippen MR) is 68.0 cm³/mol. The molecule has 2 N–H and O–H groups in total. The normalized spacial score (nSPS) is 12.5. The van der Waals surface area contributed by atoms with Gasteiger partial charge in [0.05, 0.1) is 23.4 Å². The molecule has 1 rings (SSSR count). The second-order valence-corrected chi connectivity index (χ2v) is 4.09. The lowest BCUT2D eigenvalue weighted by atomic mass is 10.2. The lowest BCUT2D eigenvalue weighted by Crippen LogP contribution is -2.37. The second-order valence-electron chi connectivity index (χ2n) is 3.66. The number of anilines is 2. The topological polar surface area (TPSA) is 51.4 Å². The van der Waals surface area contributed by atoms with E-state index in [-0.39, 0.29) is 6.04 Å². The molecule has 0 radical (unpaired) electrons. The van der Waals surface area contributed by atoms with Crippen molar-refractivity contribution in [3.8, 4) is 0 Å². The van der Waals surface area contributed by atoms with Crippen LogP contribution >= 0.6 is 11.6 Å². The molecule has 0 aliphatic heterocycles. The molecule has 1 unspecified atom stereocenters. The fraction of sp³-hybridized carbons (Fsp3) is 0.545. The van der Waals surface area contributed by atoms with Crippen LogP contribution in [0.2, 0.25) is 5.02 Å². The van der Waals surface area contributed by atoms with E-state index < -0.39 is 0 Å². The standard InChI is InChI=1S/C11H18ClN3O/c1-4-15(8(2)7-16-3)11-10(13)5-9(12)6-14-11/h5-6,8H,4,7,13H2,1-3H3. The summed E-state index contributed by atoms with van der Waals surface area (Å²) in [6.07, 6.45) is 1.61. The van der Waals surface area contributed by atoms with Gasteiger partial charge in [-0.05, 0) is 19.9 Å². The Balaban J connectivity index is 2.94. The molecule has 4 nitrogen and oxygen atoms in total. The number of nitrogens with zero attached hydrogens (tertiary/aromatic N) is 2. The second kappa shape index (κ2) is 5.92. The van der Waals surface area contributed by atoms with Crippen LogP contribution in [0.4, 0.5) is 11.5 Å². The zero-order valence-corrected chi connectivity index (χ0v) is 10.7. The van der Waals surface area contributed by atoms with Gasteiger partial charge in [0.1, 0.15) is 0 Å². The number of hydrogen-bond acceptors (Lipinski definition) is 4. The molecule has 0 aromatic carbocycles. The molecule has 0 bridgehead atoms. The maximum Gasteiger partial charge on any atom is 0.152 e. The Morgan fingerprint density at radius 3 is 2.81 bits per heavy atom. The van der Waals surface area contributed by atoms with Gasteiger partial charge < -0.3 is 15.4 Å². The monoisotopic (exact) mass is 243 g/mol. The molecule has 0 saturated carbocycles. The summed E-state index contributed by atoms with van der Waals surface area (Å²) in [7, 11) is 1.68. The molecule has 0 spiro atoms. The van der Waals surface area contributed by atoms with E-state index in [0.717, 1.165) is 12.4 Å². The van der Waals surface area contributed by atoms with Gasteiger partial charge in [-0.2, -0.15) is 0 Å². The number of nitrogens with two attached hydrogens (primary N) is 1. The van der Waals surface area contributed by atoms with Gasteiger partial charge in [0.25, 0.3) is 0 Å². The van der Waals surface area contributed by atoms with Gasteiger partial charge in [-0.1, -0.05) is 11.6 Å². The van der Waals surface area contributed by atoms with Crippen LogP contribution in [0, 0.1) is 0 Å². The van der Waals surface area contributed by atoms with Crippen molar-refractivity contribution in [3.05, 3.63) is 17.3 Å². The largest absolute Gasteiger partial charge is 0.396 e. The first-order valence-corrected chi connectivity index (χ1v) is 5.64. The highest BCUT2D eigenvalue weighted by Gasteiger charge is 2.16. The van der Waals surface area contributed by atoms with E-state index in [4.69, 9.17) is 22.1 Å². The Bertz CT molecular complexity index is 346. The lowest BCUT2D eigenvalue weighted by molar-refractivity contribution is 0.181. The van der Waals surface area contributed by atoms with Crippen molar-refractivity contribution in [1.29, 1.82) is 0 Å². The summed E-state index contributed by atoms with van der Waals surface area (Å²) < 4.78 is 5.14. The van der Waals surface area contributed by atoms with Crippen molar-refractivity contribution in [2.24, 2.45) is 0 Å². The van der Waals surface area contributed by atoms with Crippen molar-refractivity contribution in [3.63, 3.8) is 0 Å². The minimum absolute atomic E-state index is 0.228. The number of rotatable bonds is 5. The van der Waals surface area contributed by atoms with Gasteiger partial charge >= 0.3 is 0 Å². The van der Waals surface area contributed by atoms with Crippen molar-refractivity contribution in [2.45, 2.75) is 19.9 Å². The number of likely N-dealkylation sites (N-methyl/N-ethyl adjacent to an activating group) is 1. The quantitative estimate of drug-likeness (QED) is 0.861. The first kappa shape index (κ1) is 13.1. The molecule has 0 amide bonds. The van der Waals surface area contributed by atoms with Crippen LogP contribution in [0.3, 0.4) is 0 Å². The van der Waals surface area contributed by atoms with Crippen molar-refractivity contribution in [2.75, 3.05) is 30.9 Å². The zero-order chi connectivity index (χ0) is 12.1. The molecule has 5 heteroatoms. The Kier molecular flexibility index (Phi) is 4.83. The van der Waals surface area contributed by atoms with E-state index in [1.54, 1.807) is 19.4 Å². The molecule has 0 aliphatic carbocycles. The Hall–Kier alpha value is -1.00. The Morgan fingerprint density at radius 2 is 2.31 bits per heavy atom. The van der Waals surface area contributed by atoms with Crippen LogP contribution in [0.1, 0.15) is 13.8 Å². The van der Waals surface area contributed by atoms with Crippen molar-refractivity contribution < 1.29 is 4.74 Å². The summed E-state index contributed by atoms with van der Waals surface area (Å²) in [5.41, 5.74) is 6.50. The summed E-state index contributed by atoms with van der Waals surface area (Å²) in [6.45, 7) is 5.59. The van der Waals surface area contributed by atoms with E-state index in [1.807, 2.05) is 0 Å². The summed E-state index contributed by atoms with van der Waals surface area (Å²) >= 11 is 5.82. The van der Waals surface area contributed by atoms with Gasteiger partial charge in [-0.3, -0.25) is 0 Å². The van der Waals surface area contributed by atoms with Crippen LogP contribution in [-0.2, 0) is 4.74 Å². The summed E-state index contributed by atoms with van der Waals surface area (Å²) in [6, 6.07) is 1.94. The maximum atomic E-state index is 5.90. The molecule has 16 heavy (non-hydrogen) atoms. The van der Waals surface area contributed by atoms with Gasteiger partial charge in [0.15, 0.2) is 5.82 Å². The Labute approximate surface area is 101 Å². The molecular weight excluding hydrogens is 226 g/mol. The number of methoxy groups -OCH3 is 1. The SMILES string of the molecule is CCN(c1ncc(Cl)cc1N)C(C)COC. The first-order valence-electron chi connectivity index (χ1n) is 5.26. The van der Waals surface area contributed by atoms with Crippen LogP contribution < -0.4 is 10.6 Å². The summed E-state index contributed by atoms with van der Waals surface area (Å²) in [5.74, 6) is 0.761. The number of pyridine rings is 1. The average Bonchev–Trinajstić information content (AvgIpc) is 2.22. The molecule has 0 aliphatic rings. The number of hydrogen-bond donors (Lipinski definition) is 1. The highest BCUT2D eigenvalue weighted by molar-refractivity contribution is 6.30. The summed E-state index contributed by atoms with van der Waals surface area (Å²) in [5, 5.41) is 0.552. The van der Waals surface area contributed by atoms with Crippen LogP contribution in [0.5, 0.6) is 0 Å². The van der Waals surface area contributed by atoms with E-state index in [1.165, 1.54) is 0 Å². The number of aromatic nitrogens is 1. The van der Waals surface area contributed by atoms with Crippen LogP contribution in [0.15, 0.2) is 12.3 Å². The third kappa shape index (κ3) is 3.00. The van der Waals surface area contributed by atoms with Gasteiger partial charge in [0.2, 0.25) is 0 Å². The van der Waals surface area contributed by atoms with Crippen LogP contribution in [-0.4, -0.2) is 31.3 Å². The number of nitrogen functional groups attached to an aromatic ring is 1. The smallest absolute Gasteiger partial charge is 0.152 e.